The number of aromatic amines is 1. The summed E-state index contributed by atoms with van der Waals surface area (Å²) in [5.74, 6) is 0.809. The van der Waals surface area contributed by atoms with Crippen molar-refractivity contribution in [2.45, 2.75) is 77.4 Å². The zero-order valence-corrected chi connectivity index (χ0v) is 18.9. The van der Waals surface area contributed by atoms with Gasteiger partial charge in [0.1, 0.15) is 11.7 Å². The Kier molecular flexibility index (Phi) is 6.26. The van der Waals surface area contributed by atoms with E-state index in [-0.39, 0.29) is 41.9 Å². The van der Waals surface area contributed by atoms with Gasteiger partial charge in [-0.2, -0.15) is 18.9 Å². The summed E-state index contributed by atoms with van der Waals surface area (Å²) in [4.78, 5) is 23.1. The second-order valence-corrected chi connectivity index (χ2v) is 9.30. The number of hydrogen-bond donors (Lipinski definition) is 2. The molecule has 4 atom stereocenters. The number of aromatic nitrogens is 4. The van der Waals surface area contributed by atoms with Crippen LogP contribution in [-0.2, 0) is 4.74 Å². The third-order valence-corrected chi connectivity index (χ3v) is 5.76. The summed E-state index contributed by atoms with van der Waals surface area (Å²) in [6, 6.07) is 1.38. The minimum atomic E-state index is -2.95. The van der Waals surface area contributed by atoms with Crippen molar-refractivity contribution in [3.8, 4) is 11.8 Å². The summed E-state index contributed by atoms with van der Waals surface area (Å²) in [6.07, 6.45) is 5.04. The lowest BCUT2D eigenvalue weighted by Gasteiger charge is -2.43. The number of halogens is 2. The summed E-state index contributed by atoms with van der Waals surface area (Å²) in [5, 5.41) is 9.07. The first kappa shape index (κ1) is 23.0. The molecule has 12 heteroatoms. The number of anilines is 2. The van der Waals surface area contributed by atoms with Gasteiger partial charge in [0.2, 0.25) is 11.8 Å². The molecule has 0 aliphatic carbocycles. The molecule has 4 heterocycles. The number of hydrogen-bond acceptors (Lipinski definition) is 8. The fraction of sp³-hybridized carbons (Fsp3) is 0.619. The molecule has 180 valence electrons. The zero-order chi connectivity index (χ0) is 23.8. The molecule has 2 saturated heterocycles. The Labute approximate surface area is 190 Å². The van der Waals surface area contributed by atoms with Crippen molar-refractivity contribution in [1.29, 1.82) is 0 Å². The highest BCUT2D eigenvalue weighted by atomic mass is 19.3. The number of nitrogens with one attached hydrogen (secondary N) is 2. The van der Waals surface area contributed by atoms with Crippen LogP contribution >= 0.6 is 0 Å². The average Bonchev–Trinajstić information content (AvgIpc) is 3.28. The number of ether oxygens (including phenoxy) is 3. The number of carbonyl (C=O) groups excluding carboxylic acids is 1. The van der Waals surface area contributed by atoms with Gasteiger partial charge in [-0.15, -0.1) is 0 Å². The van der Waals surface area contributed by atoms with Gasteiger partial charge >= 0.3 is 12.7 Å². The molecule has 2 N–H and O–H groups in total. The number of alkyl halides is 2. The number of amides is 1. The number of carbonyl (C=O) groups is 1. The van der Waals surface area contributed by atoms with Crippen LogP contribution < -0.4 is 14.8 Å². The highest BCUT2D eigenvalue weighted by molar-refractivity contribution is 5.69. The van der Waals surface area contributed by atoms with Gasteiger partial charge in [-0.3, -0.25) is 4.98 Å². The minimum Gasteiger partial charge on any atom is -0.473 e. The first-order valence-corrected chi connectivity index (χ1v) is 10.9. The predicted octanol–water partition coefficient (Wildman–Crippen LogP) is 4.10. The molecule has 2 bridgehead atoms. The lowest BCUT2D eigenvalue weighted by Crippen LogP contribution is -2.55. The van der Waals surface area contributed by atoms with Gasteiger partial charge in [-0.1, -0.05) is 6.92 Å². The number of H-pyrrole nitrogens is 1. The van der Waals surface area contributed by atoms with Gasteiger partial charge in [0.05, 0.1) is 12.4 Å². The molecule has 0 spiro atoms. The zero-order valence-electron chi connectivity index (χ0n) is 18.9. The van der Waals surface area contributed by atoms with Crippen molar-refractivity contribution in [2.75, 3.05) is 5.32 Å². The van der Waals surface area contributed by atoms with E-state index in [1.165, 1.54) is 18.5 Å². The average molecular weight is 466 g/mol. The van der Waals surface area contributed by atoms with Crippen LogP contribution in [0.2, 0.25) is 0 Å². The molecular weight excluding hydrogens is 438 g/mol. The van der Waals surface area contributed by atoms with E-state index in [1.54, 1.807) is 0 Å². The smallest absolute Gasteiger partial charge is 0.410 e. The van der Waals surface area contributed by atoms with Crippen molar-refractivity contribution < 1.29 is 27.8 Å². The van der Waals surface area contributed by atoms with Crippen LogP contribution in [0.1, 0.15) is 47.0 Å². The quantitative estimate of drug-likeness (QED) is 0.654. The molecule has 2 aromatic rings. The van der Waals surface area contributed by atoms with Gasteiger partial charge in [-0.25, -0.2) is 9.89 Å². The van der Waals surface area contributed by atoms with E-state index in [0.717, 1.165) is 12.8 Å². The Morgan fingerprint density at radius 2 is 2.06 bits per heavy atom. The predicted molar refractivity (Wildman–Crippen MR) is 114 cm³/mol. The second kappa shape index (κ2) is 8.99. The molecule has 2 fully saturated rings. The van der Waals surface area contributed by atoms with E-state index in [2.05, 4.69) is 37.1 Å². The molecule has 2 aromatic heterocycles. The van der Waals surface area contributed by atoms with Gasteiger partial charge in [0, 0.05) is 30.5 Å². The van der Waals surface area contributed by atoms with Crippen molar-refractivity contribution in [2.24, 2.45) is 5.92 Å². The molecule has 2 aliphatic heterocycles. The summed E-state index contributed by atoms with van der Waals surface area (Å²) >= 11 is 0. The number of fused-ring (bicyclic) bond motifs is 2. The third kappa shape index (κ3) is 5.42. The molecular formula is C21H28F2N6O4. The van der Waals surface area contributed by atoms with E-state index >= 15 is 0 Å². The Morgan fingerprint density at radius 3 is 2.79 bits per heavy atom. The number of rotatable bonds is 6. The minimum absolute atomic E-state index is 0.0372. The van der Waals surface area contributed by atoms with E-state index in [9.17, 15) is 13.6 Å². The van der Waals surface area contributed by atoms with Gasteiger partial charge < -0.3 is 24.4 Å². The lowest BCUT2D eigenvalue weighted by atomic mass is 9.89. The maximum atomic E-state index is 12.7. The van der Waals surface area contributed by atoms with Crippen molar-refractivity contribution in [3.63, 3.8) is 0 Å². The van der Waals surface area contributed by atoms with Gasteiger partial charge in [0.15, 0.2) is 11.6 Å². The molecule has 4 rings (SSSR count). The number of piperidine rings is 1. The first-order valence-electron chi connectivity index (χ1n) is 10.9. The maximum Gasteiger partial charge on any atom is 0.410 e. The summed E-state index contributed by atoms with van der Waals surface area (Å²) in [6.45, 7) is 4.70. The van der Waals surface area contributed by atoms with Gasteiger partial charge in [-0.05, 0) is 33.6 Å². The maximum absolute atomic E-state index is 12.7. The summed E-state index contributed by atoms with van der Waals surface area (Å²) in [7, 11) is 0. The normalized spacial score (nSPS) is 24.6. The Bertz CT molecular complexity index is 982. The molecule has 0 saturated carbocycles. The second-order valence-electron chi connectivity index (χ2n) is 9.30. The molecule has 0 radical (unpaired) electrons. The number of nitrogens with zero attached hydrogens (tertiary/aromatic N) is 4. The SMILES string of the molecule is C[C@H]1[C@H](Oc2cncc(Nc3cc(OC(F)F)[nH]n3)n2)C[C@H]2CC[C@@H]1N2C(=O)OC(C)(C)C. The Morgan fingerprint density at radius 1 is 1.27 bits per heavy atom. The van der Waals surface area contributed by atoms with Gasteiger partial charge in [0.25, 0.3) is 0 Å². The monoisotopic (exact) mass is 466 g/mol. The highest BCUT2D eigenvalue weighted by Gasteiger charge is 2.49. The molecule has 0 unspecified atom stereocenters. The van der Waals surface area contributed by atoms with Crippen LogP contribution in [-0.4, -0.2) is 61.6 Å². The largest absolute Gasteiger partial charge is 0.473 e. The van der Waals surface area contributed by atoms with Crippen molar-refractivity contribution in [1.82, 2.24) is 25.1 Å². The van der Waals surface area contributed by atoms with Crippen LogP contribution in [0.4, 0.5) is 25.2 Å². The van der Waals surface area contributed by atoms with E-state index in [4.69, 9.17) is 9.47 Å². The topological polar surface area (TPSA) is 114 Å². The van der Waals surface area contributed by atoms with Crippen LogP contribution in [0.15, 0.2) is 18.5 Å². The molecule has 10 nitrogen and oxygen atoms in total. The van der Waals surface area contributed by atoms with Crippen molar-refractivity contribution in [3.05, 3.63) is 18.5 Å². The molecule has 1 amide bonds. The van der Waals surface area contributed by atoms with E-state index < -0.39 is 12.2 Å². The van der Waals surface area contributed by atoms with Crippen LogP contribution in [0.3, 0.4) is 0 Å². The third-order valence-electron chi connectivity index (χ3n) is 5.76. The standard InChI is InChI=1S/C21H28F2N6O4/c1-11-13-6-5-12(29(13)20(30)33-21(2,3)4)7-14(11)31-18-10-24-9-16(26-18)25-15-8-17(28-27-15)32-19(22)23/h8-14,19H,5-7H2,1-4H3,(H2,25,26,27,28)/t11-,12-,13+,14-/m1/s1. The van der Waals surface area contributed by atoms with E-state index in [0.29, 0.717) is 18.1 Å². The Hall–Kier alpha value is -3.18. The van der Waals surface area contributed by atoms with Crippen LogP contribution in [0.5, 0.6) is 11.8 Å². The highest BCUT2D eigenvalue weighted by Crippen LogP contribution is 2.41. The van der Waals surface area contributed by atoms with E-state index in [1.807, 2.05) is 25.7 Å². The fourth-order valence-corrected chi connectivity index (χ4v) is 4.42. The fourth-order valence-electron chi connectivity index (χ4n) is 4.42. The molecule has 2 aliphatic rings. The lowest BCUT2D eigenvalue weighted by molar-refractivity contribution is -0.0529. The van der Waals surface area contributed by atoms with Crippen molar-refractivity contribution >= 4 is 17.7 Å². The summed E-state index contributed by atoms with van der Waals surface area (Å²) in [5.41, 5.74) is -0.545. The molecule has 0 aromatic carbocycles. The summed E-state index contributed by atoms with van der Waals surface area (Å²) < 4.78 is 40.7. The van der Waals surface area contributed by atoms with Crippen LogP contribution in [0, 0.1) is 5.92 Å². The first-order chi connectivity index (χ1) is 15.6. The Balaban J connectivity index is 1.40. The van der Waals surface area contributed by atoms with Crippen LogP contribution in [0.25, 0.3) is 0 Å². The molecule has 33 heavy (non-hydrogen) atoms.